The van der Waals surface area contributed by atoms with Crippen LogP contribution in [0, 0.1) is 5.92 Å². The zero-order valence-corrected chi connectivity index (χ0v) is 14.9. The van der Waals surface area contributed by atoms with Crippen molar-refractivity contribution in [2.45, 2.75) is 51.6 Å². The molecule has 0 spiro atoms. The fourth-order valence-corrected chi connectivity index (χ4v) is 3.81. The highest BCUT2D eigenvalue weighted by Gasteiger charge is 2.28. The van der Waals surface area contributed by atoms with Crippen LogP contribution in [0.4, 0.5) is 0 Å². The van der Waals surface area contributed by atoms with E-state index >= 15 is 0 Å². The number of nitrogens with zero attached hydrogens (tertiary/aromatic N) is 2. The van der Waals surface area contributed by atoms with Crippen molar-refractivity contribution < 1.29 is 4.42 Å². The Hall–Kier alpha value is -1.10. The molecule has 23 heavy (non-hydrogen) atoms. The Kier molecular flexibility index (Phi) is 5.24. The van der Waals surface area contributed by atoms with Gasteiger partial charge in [0.05, 0.1) is 16.6 Å². The monoisotopic (exact) mass is 353 g/mol. The Morgan fingerprint density at radius 1 is 1.30 bits per heavy atom. The summed E-state index contributed by atoms with van der Waals surface area (Å²) in [5.74, 6) is 1.76. The summed E-state index contributed by atoms with van der Waals surface area (Å²) >= 11 is 12.1. The molecule has 4 nitrogen and oxygen atoms in total. The summed E-state index contributed by atoms with van der Waals surface area (Å²) in [6.07, 6.45) is 5.02. The van der Waals surface area contributed by atoms with E-state index in [-0.39, 0.29) is 6.04 Å². The summed E-state index contributed by atoms with van der Waals surface area (Å²) in [5, 5.41) is 13.0. The number of aromatic nitrogens is 2. The second-order valence-corrected chi connectivity index (χ2v) is 7.01. The molecule has 1 aromatic carbocycles. The molecule has 1 heterocycles. The molecule has 0 amide bonds. The predicted octanol–water partition coefficient (Wildman–Crippen LogP) is 5.27. The van der Waals surface area contributed by atoms with Gasteiger partial charge < -0.3 is 9.73 Å². The third-order valence-electron chi connectivity index (χ3n) is 4.62. The maximum atomic E-state index is 6.20. The molecule has 2 aromatic rings. The van der Waals surface area contributed by atoms with Crippen LogP contribution >= 0.6 is 23.2 Å². The molecule has 1 aliphatic rings. The summed E-state index contributed by atoms with van der Waals surface area (Å²) in [5.41, 5.74) is 0.703. The lowest BCUT2D eigenvalue weighted by Gasteiger charge is -2.22. The fourth-order valence-electron chi connectivity index (χ4n) is 3.32. The molecular weight excluding hydrogens is 333 g/mol. The fraction of sp³-hybridized carbons (Fsp3) is 0.529. The average molecular weight is 354 g/mol. The van der Waals surface area contributed by atoms with Gasteiger partial charge in [-0.3, -0.25) is 0 Å². The van der Waals surface area contributed by atoms with Crippen molar-refractivity contribution in [3.63, 3.8) is 0 Å². The first kappa shape index (κ1) is 16.7. The lowest BCUT2D eigenvalue weighted by Crippen LogP contribution is -2.34. The number of rotatable bonds is 5. The largest absolute Gasteiger partial charge is 0.419 e. The molecule has 124 valence electrons. The summed E-state index contributed by atoms with van der Waals surface area (Å²) in [4.78, 5) is 0. The van der Waals surface area contributed by atoms with Crippen LogP contribution < -0.4 is 5.32 Å². The molecule has 0 saturated heterocycles. The van der Waals surface area contributed by atoms with Crippen molar-refractivity contribution in [3.05, 3.63) is 34.1 Å². The SMILES string of the molecule is CC[C@@H]1CCC[C@@H]1N[C@H](C)c1nnc(-c2ccc(Cl)cc2Cl)o1. The highest BCUT2D eigenvalue weighted by atomic mass is 35.5. The van der Waals surface area contributed by atoms with Gasteiger partial charge in [-0.05, 0) is 43.9 Å². The molecule has 1 N–H and O–H groups in total. The van der Waals surface area contributed by atoms with Crippen LogP contribution in [0.5, 0.6) is 0 Å². The molecule has 3 rings (SSSR count). The maximum Gasteiger partial charge on any atom is 0.249 e. The minimum absolute atomic E-state index is 0.0273. The van der Waals surface area contributed by atoms with Gasteiger partial charge in [-0.25, -0.2) is 0 Å². The number of benzene rings is 1. The predicted molar refractivity (Wildman–Crippen MR) is 92.7 cm³/mol. The Morgan fingerprint density at radius 3 is 2.87 bits per heavy atom. The van der Waals surface area contributed by atoms with Crippen LogP contribution in [-0.2, 0) is 0 Å². The zero-order chi connectivity index (χ0) is 16.4. The highest BCUT2D eigenvalue weighted by Crippen LogP contribution is 2.32. The molecule has 0 bridgehead atoms. The standard InChI is InChI=1S/C17H21Cl2N3O/c1-3-11-5-4-6-15(11)20-10(2)16-21-22-17(23-16)13-8-7-12(18)9-14(13)19/h7-11,15,20H,3-6H2,1-2H3/t10-,11-,15+/m1/s1. The minimum Gasteiger partial charge on any atom is -0.419 e. The van der Waals surface area contributed by atoms with Crippen LogP contribution in [0.3, 0.4) is 0 Å². The minimum atomic E-state index is 0.0273. The first-order valence-electron chi connectivity index (χ1n) is 8.13. The molecule has 0 unspecified atom stereocenters. The van der Waals surface area contributed by atoms with E-state index in [0.717, 1.165) is 5.92 Å². The summed E-state index contributed by atoms with van der Waals surface area (Å²) in [6, 6.07) is 5.79. The van der Waals surface area contributed by atoms with Gasteiger partial charge in [0.2, 0.25) is 11.8 Å². The Labute approximate surface area is 146 Å². The molecule has 6 heteroatoms. The summed E-state index contributed by atoms with van der Waals surface area (Å²) < 4.78 is 5.82. The van der Waals surface area contributed by atoms with E-state index in [9.17, 15) is 0 Å². The first-order chi connectivity index (χ1) is 11.1. The van der Waals surface area contributed by atoms with Gasteiger partial charge in [0.25, 0.3) is 0 Å². The molecule has 1 aromatic heterocycles. The molecule has 0 radical (unpaired) electrons. The van der Waals surface area contributed by atoms with E-state index in [2.05, 4.69) is 29.4 Å². The van der Waals surface area contributed by atoms with Crippen LogP contribution in [0.15, 0.2) is 22.6 Å². The summed E-state index contributed by atoms with van der Waals surface area (Å²) in [6.45, 7) is 4.31. The molecule has 1 aliphatic carbocycles. The second kappa shape index (κ2) is 7.20. The second-order valence-electron chi connectivity index (χ2n) is 6.16. The number of hydrogen-bond donors (Lipinski definition) is 1. The number of hydrogen-bond acceptors (Lipinski definition) is 4. The van der Waals surface area contributed by atoms with Gasteiger partial charge in [0, 0.05) is 11.1 Å². The van der Waals surface area contributed by atoms with Crippen LogP contribution in [0.2, 0.25) is 10.0 Å². The molecule has 1 fully saturated rings. The van der Waals surface area contributed by atoms with E-state index in [1.807, 2.05) is 0 Å². The van der Waals surface area contributed by atoms with Gasteiger partial charge in [0.1, 0.15) is 0 Å². The van der Waals surface area contributed by atoms with Gasteiger partial charge in [-0.1, -0.05) is 43.0 Å². The van der Waals surface area contributed by atoms with Crippen molar-refractivity contribution in [1.82, 2.24) is 15.5 Å². The lowest BCUT2D eigenvalue weighted by atomic mass is 10.00. The van der Waals surface area contributed by atoms with E-state index in [1.54, 1.807) is 18.2 Å². The highest BCUT2D eigenvalue weighted by molar-refractivity contribution is 6.36. The van der Waals surface area contributed by atoms with Crippen LogP contribution in [-0.4, -0.2) is 16.2 Å². The zero-order valence-electron chi connectivity index (χ0n) is 13.4. The van der Waals surface area contributed by atoms with Crippen molar-refractivity contribution in [3.8, 4) is 11.5 Å². The number of nitrogens with one attached hydrogen (secondary N) is 1. The normalized spacial score (nSPS) is 22.4. The van der Waals surface area contributed by atoms with Crippen molar-refractivity contribution >= 4 is 23.2 Å². The maximum absolute atomic E-state index is 6.20. The van der Waals surface area contributed by atoms with E-state index in [1.165, 1.54) is 25.7 Å². The van der Waals surface area contributed by atoms with Gasteiger partial charge in [-0.15, -0.1) is 10.2 Å². The molecule has 0 aliphatic heterocycles. The molecule has 1 saturated carbocycles. The molecular formula is C17H21Cl2N3O. The Morgan fingerprint density at radius 2 is 2.13 bits per heavy atom. The first-order valence-corrected chi connectivity index (χ1v) is 8.89. The smallest absolute Gasteiger partial charge is 0.249 e. The average Bonchev–Trinajstić information content (AvgIpc) is 3.16. The third kappa shape index (κ3) is 3.70. The van der Waals surface area contributed by atoms with Gasteiger partial charge >= 0.3 is 0 Å². The topological polar surface area (TPSA) is 51.0 Å². The number of halogens is 2. The Bertz CT molecular complexity index is 674. The van der Waals surface area contributed by atoms with Crippen LogP contribution in [0.25, 0.3) is 11.5 Å². The quantitative estimate of drug-likeness (QED) is 0.794. The Balaban J connectivity index is 1.73. The van der Waals surface area contributed by atoms with Gasteiger partial charge in [-0.2, -0.15) is 0 Å². The van der Waals surface area contributed by atoms with Crippen molar-refractivity contribution in [2.24, 2.45) is 5.92 Å². The van der Waals surface area contributed by atoms with Crippen molar-refractivity contribution in [2.75, 3.05) is 0 Å². The summed E-state index contributed by atoms with van der Waals surface area (Å²) in [7, 11) is 0. The third-order valence-corrected chi connectivity index (χ3v) is 5.17. The molecule has 3 atom stereocenters. The van der Waals surface area contributed by atoms with E-state index in [4.69, 9.17) is 27.6 Å². The lowest BCUT2D eigenvalue weighted by molar-refractivity contribution is 0.328. The van der Waals surface area contributed by atoms with Gasteiger partial charge in [0.15, 0.2) is 0 Å². The van der Waals surface area contributed by atoms with Crippen LogP contribution in [0.1, 0.15) is 51.5 Å². The van der Waals surface area contributed by atoms with E-state index in [0.29, 0.717) is 33.4 Å². The van der Waals surface area contributed by atoms with Crippen molar-refractivity contribution in [1.29, 1.82) is 0 Å². The van der Waals surface area contributed by atoms with E-state index < -0.39 is 0 Å².